The molecule has 4 aliphatic carbocycles. The second-order valence-electron chi connectivity index (χ2n) is 17.7. The normalized spacial score (nSPS) is 35.8. The third-order valence-electron chi connectivity index (χ3n) is 13.4. The SMILES string of the molecule is C[C@@H](CO)[C@H]1CC[C@H]2/C(=C/C=C3\C[C@@H](CC(C)(C)[Si](C)(C)O)C4(CC4)[C@H](O[Si](C)(C)C(C)(C)C)C3)CCC[C@]12C. The van der Waals surface area contributed by atoms with Crippen molar-refractivity contribution in [2.24, 2.45) is 34.5 Å². The Balaban J connectivity index is 1.64. The fraction of sp³-hybridized carbons (Fsp3) is 0.886. The molecule has 5 heteroatoms. The molecule has 0 aromatic heterocycles. The lowest BCUT2D eigenvalue weighted by atomic mass is 9.61. The van der Waals surface area contributed by atoms with Crippen molar-refractivity contribution in [3.05, 3.63) is 23.3 Å². The van der Waals surface area contributed by atoms with Gasteiger partial charge >= 0.3 is 0 Å². The molecule has 230 valence electrons. The first kappa shape index (κ1) is 32.7. The van der Waals surface area contributed by atoms with Crippen molar-refractivity contribution in [1.29, 1.82) is 0 Å². The molecule has 4 fully saturated rings. The van der Waals surface area contributed by atoms with Gasteiger partial charge in [0.25, 0.3) is 0 Å². The molecular weight excluding hydrogens is 525 g/mol. The Labute approximate surface area is 249 Å². The van der Waals surface area contributed by atoms with Gasteiger partial charge < -0.3 is 14.3 Å². The van der Waals surface area contributed by atoms with Gasteiger partial charge in [0.2, 0.25) is 0 Å². The Hall–Kier alpha value is -0.206. The molecule has 0 amide bonds. The van der Waals surface area contributed by atoms with E-state index in [1.807, 2.05) is 0 Å². The Bertz CT molecular complexity index is 936. The number of aliphatic hydroxyl groups is 1. The van der Waals surface area contributed by atoms with Crippen LogP contribution in [0.2, 0.25) is 36.3 Å². The van der Waals surface area contributed by atoms with E-state index in [1.54, 1.807) is 11.1 Å². The van der Waals surface area contributed by atoms with Gasteiger partial charge in [0.1, 0.15) is 0 Å². The summed E-state index contributed by atoms with van der Waals surface area (Å²) in [5.74, 6) is 2.30. The summed E-state index contributed by atoms with van der Waals surface area (Å²) < 4.78 is 7.31. The first-order valence-corrected chi connectivity index (χ1v) is 22.5. The second-order valence-corrected chi connectivity index (χ2v) is 26.9. The van der Waals surface area contributed by atoms with Crippen molar-refractivity contribution < 1.29 is 14.3 Å². The zero-order valence-corrected chi connectivity index (χ0v) is 30.1. The molecule has 0 saturated heterocycles. The van der Waals surface area contributed by atoms with E-state index in [0.717, 1.165) is 12.8 Å². The highest BCUT2D eigenvalue weighted by molar-refractivity contribution is 6.74. The lowest BCUT2D eigenvalue weighted by Crippen LogP contribution is -2.50. The summed E-state index contributed by atoms with van der Waals surface area (Å²) in [6.45, 7) is 26.0. The maximum absolute atomic E-state index is 11.2. The van der Waals surface area contributed by atoms with Gasteiger partial charge in [-0.05, 0) is 135 Å². The quantitative estimate of drug-likeness (QED) is 0.278. The van der Waals surface area contributed by atoms with E-state index >= 15 is 0 Å². The monoisotopic (exact) mass is 588 g/mol. The second kappa shape index (κ2) is 11.1. The Kier molecular flexibility index (Phi) is 9.04. The number of hydrogen-bond acceptors (Lipinski definition) is 3. The topological polar surface area (TPSA) is 49.7 Å². The molecular formula is C35H64O3Si2. The third-order valence-corrected chi connectivity index (χ3v) is 21.4. The molecule has 0 bridgehead atoms. The van der Waals surface area contributed by atoms with Gasteiger partial charge in [-0.3, -0.25) is 0 Å². The maximum atomic E-state index is 11.2. The zero-order chi connectivity index (χ0) is 29.9. The minimum absolute atomic E-state index is 0.0108. The molecule has 0 aromatic rings. The summed E-state index contributed by atoms with van der Waals surface area (Å²) in [4.78, 5) is 11.2. The molecule has 6 atom stereocenters. The van der Waals surface area contributed by atoms with Crippen LogP contribution in [0.3, 0.4) is 0 Å². The maximum Gasteiger partial charge on any atom is 0.192 e. The average Bonchev–Trinajstić information content (AvgIpc) is 3.54. The van der Waals surface area contributed by atoms with Crippen LogP contribution in [-0.2, 0) is 4.43 Å². The highest BCUT2D eigenvalue weighted by Crippen LogP contribution is 2.66. The molecule has 2 N–H and O–H groups in total. The molecule has 40 heavy (non-hydrogen) atoms. The molecule has 0 aliphatic heterocycles. The fourth-order valence-electron chi connectivity index (χ4n) is 8.72. The van der Waals surface area contributed by atoms with Crippen molar-refractivity contribution in [1.82, 2.24) is 0 Å². The summed E-state index contributed by atoms with van der Waals surface area (Å²) >= 11 is 0. The van der Waals surface area contributed by atoms with Crippen molar-refractivity contribution in [2.75, 3.05) is 6.61 Å². The predicted molar refractivity (Wildman–Crippen MR) is 175 cm³/mol. The van der Waals surface area contributed by atoms with Crippen LogP contribution in [0, 0.1) is 34.5 Å². The summed E-state index contributed by atoms with van der Waals surface area (Å²) in [5, 5.41) is 10.1. The standard InChI is InChI=1S/C35H64O3Si2/c1-25(24-36)29-16-17-30-27(13-12-18-34(29,30)7)15-14-26-21-28(23-33(5,6)39(8,9)37)35(19-20-35)31(22-26)38-40(10,11)32(2,3)4/h14-15,25,28-31,36-37H,12-13,16-24H2,1-11H3/b26-14+,27-15+/t25-,28-,29+,30-,31+,34+/m0/s1. The van der Waals surface area contributed by atoms with E-state index in [2.05, 4.69) is 86.8 Å². The van der Waals surface area contributed by atoms with Crippen LogP contribution in [-0.4, -0.2) is 39.2 Å². The van der Waals surface area contributed by atoms with Crippen LogP contribution in [0.25, 0.3) is 0 Å². The van der Waals surface area contributed by atoms with E-state index < -0.39 is 16.6 Å². The minimum Gasteiger partial charge on any atom is -0.432 e. The molecule has 4 saturated carbocycles. The Morgan fingerprint density at radius 3 is 2.20 bits per heavy atom. The summed E-state index contributed by atoms with van der Waals surface area (Å²) in [5.41, 5.74) is 3.90. The first-order chi connectivity index (χ1) is 18.3. The van der Waals surface area contributed by atoms with Crippen molar-refractivity contribution in [3.8, 4) is 0 Å². The molecule has 3 nitrogen and oxygen atoms in total. The minimum atomic E-state index is -2.29. The molecule has 0 radical (unpaired) electrons. The highest BCUT2D eigenvalue weighted by atomic mass is 28.4. The van der Waals surface area contributed by atoms with Gasteiger partial charge in [0, 0.05) is 6.61 Å². The average molecular weight is 589 g/mol. The number of fused-ring (bicyclic) bond motifs is 1. The van der Waals surface area contributed by atoms with Crippen molar-refractivity contribution in [2.45, 2.75) is 155 Å². The smallest absolute Gasteiger partial charge is 0.192 e. The van der Waals surface area contributed by atoms with Crippen LogP contribution in [0.5, 0.6) is 0 Å². The molecule has 0 heterocycles. The predicted octanol–water partition coefficient (Wildman–Crippen LogP) is 9.63. The third kappa shape index (κ3) is 6.07. The lowest BCUT2D eigenvalue weighted by molar-refractivity contribution is 0.0358. The Morgan fingerprint density at radius 2 is 1.65 bits per heavy atom. The number of hydrogen-bond donors (Lipinski definition) is 2. The van der Waals surface area contributed by atoms with Crippen LogP contribution in [0.4, 0.5) is 0 Å². The van der Waals surface area contributed by atoms with E-state index in [9.17, 15) is 9.90 Å². The molecule has 0 aromatic carbocycles. The molecule has 4 rings (SSSR count). The Morgan fingerprint density at radius 1 is 1.00 bits per heavy atom. The van der Waals surface area contributed by atoms with Gasteiger partial charge in [0.05, 0.1) is 6.10 Å². The van der Waals surface area contributed by atoms with Gasteiger partial charge in [-0.15, -0.1) is 0 Å². The van der Waals surface area contributed by atoms with E-state index in [0.29, 0.717) is 47.2 Å². The van der Waals surface area contributed by atoms with Crippen LogP contribution in [0.1, 0.15) is 113 Å². The highest BCUT2D eigenvalue weighted by Gasteiger charge is 2.60. The number of rotatable bonds is 8. The molecule has 1 spiro atoms. The van der Waals surface area contributed by atoms with Gasteiger partial charge in [-0.1, -0.05) is 71.8 Å². The fourth-order valence-corrected chi connectivity index (χ4v) is 10.8. The van der Waals surface area contributed by atoms with Crippen LogP contribution in [0.15, 0.2) is 23.3 Å². The molecule has 0 unspecified atom stereocenters. The van der Waals surface area contributed by atoms with Crippen LogP contribution < -0.4 is 0 Å². The van der Waals surface area contributed by atoms with E-state index in [1.165, 1.54) is 51.4 Å². The number of allylic oxidation sites excluding steroid dienone is 3. The largest absolute Gasteiger partial charge is 0.432 e. The zero-order valence-electron chi connectivity index (χ0n) is 28.1. The van der Waals surface area contributed by atoms with Gasteiger partial charge in [-0.25, -0.2) is 0 Å². The lowest BCUT2D eigenvalue weighted by Gasteiger charge is -2.49. The summed E-state index contributed by atoms with van der Waals surface area (Å²) in [6.07, 6.45) is 17.7. The molecule has 4 aliphatic rings. The van der Waals surface area contributed by atoms with E-state index in [-0.39, 0.29) is 10.1 Å². The summed E-state index contributed by atoms with van der Waals surface area (Å²) in [6, 6.07) is 0. The van der Waals surface area contributed by atoms with Gasteiger partial charge in [-0.2, -0.15) is 0 Å². The van der Waals surface area contributed by atoms with Crippen molar-refractivity contribution >= 4 is 16.6 Å². The summed E-state index contributed by atoms with van der Waals surface area (Å²) in [7, 11) is -4.20. The number of aliphatic hydroxyl groups excluding tert-OH is 1. The van der Waals surface area contributed by atoms with E-state index in [4.69, 9.17) is 4.43 Å². The van der Waals surface area contributed by atoms with Crippen molar-refractivity contribution in [3.63, 3.8) is 0 Å². The first-order valence-electron chi connectivity index (χ1n) is 16.7. The van der Waals surface area contributed by atoms with Crippen LogP contribution >= 0.6 is 0 Å². The van der Waals surface area contributed by atoms with Gasteiger partial charge in [0.15, 0.2) is 16.6 Å².